The Hall–Kier alpha value is -1.49. The quantitative estimate of drug-likeness (QED) is 0.627. The largest absolute Gasteiger partial charge is 0.317 e. The summed E-state index contributed by atoms with van der Waals surface area (Å²) >= 11 is 0. The second-order valence-corrected chi connectivity index (χ2v) is 4.69. The molecule has 0 saturated heterocycles. The summed E-state index contributed by atoms with van der Waals surface area (Å²) < 4.78 is 13.8. The fourth-order valence-electron chi connectivity index (χ4n) is 2.02. The monoisotopic (exact) mass is 254 g/mol. The van der Waals surface area contributed by atoms with Crippen LogP contribution in [-0.2, 0) is 6.42 Å². The van der Waals surface area contributed by atoms with Crippen molar-refractivity contribution in [2.24, 2.45) is 5.92 Å². The molecule has 0 spiro atoms. The summed E-state index contributed by atoms with van der Waals surface area (Å²) in [5, 5.41) is 13.8. The van der Waals surface area contributed by atoms with Gasteiger partial charge in [-0.3, -0.25) is 10.1 Å². The smallest absolute Gasteiger partial charge is 0.305 e. The van der Waals surface area contributed by atoms with Crippen molar-refractivity contribution in [2.75, 3.05) is 7.05 Å². The zero-order valence-corrected chi connectivity index (χ0v) is 10.9. The van der Waals surface area contributed by atoms with Gasteiger partial charge in [-0.05, 0) is 31.4 Å². The van der Waals surface area contributed by atoms with Crippen LogP contribution in [0, 0.1) is 21.8 Å². The number of benzene rings is 1. The molecule has 0 saturated carbocycles. The highest BCUT2D eigenvalue weighted by molar-refractivity contribution is 5.36. The van der Waals surface area contributed by atoms with Crippen LogP contribution in [0.3, 0.4) is 0 Å². The van der Waals surface area contributed by atoms with Crippen molar-refractivity contribution >= 4 is 5.69 Å². The van der Waals surface area contributed by atoms with Crippen molar-refractivity contribution in [3.05, 3.63) is 39.7 Å². The molecule has 1 aromatic rings. The molecule has 0 radical (unpaired) electrons. The number of aryl methyl sites for hydroxylation is 1. The summed E-state index contributed by atoms with van der Waals surface area (Å²) in [7, 11) is 1.87. The molecule has 0 aliphatic carbocycles. The van der Waals surface area contributed by atoms with E-state index in [9.17, 15) is 14.5 Å². The van der Waals surface area contributed by atoms with Crippen LogP contribution >= 0.6 is 0 Å². The average Bonchev–Trinajstić information content (AvgIpc) is 2.31. The van der Waals surface area contributed by atoms with Crippen LogP contribution in [0.4, 0.5) is 10.1 Å². The van der Waals surface area contributed by atoms with Gasteiger partial charge in [0, 0.05) is 12.1 Å². The maximum atomic E-state index is 13.8. The number of nitro groups is 1. The van der Waals surface area contributed by atoms with Gasteiger partial charge < -0.3 is 5.32 Å². The molecule has 18 heavy (non-hydrogen) atoms. The molecule has 1 atom stereocenters. The first-order valence-corrected chi connectivity index (χ1v) is 6.06. The lowest BCUT2D eigenvalue weighted by molar-refractivity contribution is -0.387. The molecule has 5 heteroatoms. The molecule has 0 aliphatic heterocycles. The van der Waals surface area contributed by atoms with Gasteiger partial charge >= 0.3 is 5.69 Å². The van der Waals surface area contributed by atoms with Gasteiger partial charge in [0.25, 0.3) is 0 Å². The zero-order chi connectivity index (χ0) is 13.7. The predicted molar refractivity (Wildman–Crippen MR) is 69.1 cm³/mol. The number of halogens is 1. The number of nitro benzene ring substituents is 1. The minimum atomic E-state index is -0.707. The van der Waals surface area contributed by atoms with Gasteiger partial charge in [-0.25, -0.2) is 0 Å². The topological polar surface area (TPSA) is 55.2 Å². The van der Waals surface area contributed by atoms with E-state index in [1.165, 1.54) is 12.1 Å². The van der Waals surface area contributed by atoms with Crippen LogP contribution in [0.5, 0.6) is 0 Å². The van der Waals surface area contributed by atoms with Crippen molar-refractivity contribution < 1.29 is 9.31 Å². The highest BCUT2D eigenvalue weighted by Crippen LogP contribution is 2.22. The number of hydrogen-bond acceptors (Lipinski definition) is 3. The van der Waals surface area contributed by atoms with E-state index in [1.54, 1.807) is 6.07 Å². The van der Waals surface area contributed by atoms with Crippen LogP contribution in [0.25, 0.3) is 0 Å². The fourth-order valence-corrected chi connectivity index (χ4v) is 2.02. The first-order chi connectivity index (χ1) is 8.47. The molecule has 0 aliphatic rings. The van der Waals surface area contributed by atoms with Gasteiger partial charge in [0.15, 0.2) is 0 Å². The molecule has 0 aromatic heterocycles. The fraction of sp³-hybridized carbons (Fsp3) is 0.538. The van der Waals surface area contributed by atoms with E-state index in [-0.39, 0.29) is 6.04 Å². The van der Waals surface area contributed by atoms with E-state index in [0.717, 1.165) is 6.42 Å². The molecule has 4 nitrogen and oxygen atoms in total. The van der Waals surface area contributed by atoms with Crippen molar-refractivity contribution in [1.82, 2.24) is 5.32 Å². The maximum absolute atomic E-state index is 13.8. The van der Waals surface area contributed by atoms with Crippen molar-refractivity contribution in [1.29, 1.82) is 0 Å². The molecule has 0 heterocycles. The van der Waals surface area contributed by atoms with E-state index in [0.29, 0.717) is 17.9 Å². The Balaban J connectivity index is 2.79. The molecule has 1 rings (SSSR count). The molecule has 1 unspecified atom stereocenters. The molecule has 1 aromatic carbocycles. The summed E-state index contributed by atoms with van der Waals surface area (Å²) in [6.45, 7) is 4.18. The normalized spacial score (nSPS) is 12.7. The standard InChI is InChI=1S/C13H19FN2O2/c1-9(2)11(15-3)8-7-10-5-4-6-12(13(10)14)16(17)18/h4-6,9,11,15H,7-8H2,1-3H3. The minimum absolute atomic E-state index is 0.281. The molecule has 0 bridgehead atoms. The van der Waals surface area contributed by atoms with Gasteiger partial charge in [0.05, 0.1) is 4.92 Å². The Bertz CT molecular complexity index is 421. The van der Waals surface area contributed by atoms with Gasteiger partial charge in [-0.15, -0.1) is 0 Å². The lowest BCUT2D eigenvalue weighted by Crippen LogP contribution is -2.31. The van der Waals surface area contributed by atoms with Crippen molar-refractivity contribution in [3.8, 4) is 0 Å². The summed E-state index contributed by atoms with van der Waals surface area (Å²) in [5.74, 6) is -0.266. The summed E-state index contributed by atoms with van der Waals surface area (Å²) in [4.78, 5) is 9.95. The summed E-state index contributed by atoms with van der Waals surface area (Å²) in [5.41, 5.74) is -0.0387. The highest BCUT2D eigenvalue weighted by atomic mass is 19.1. The summed E-state index contributed by atoms with van der Waals surface area (Å²) in [6.07, 6.45) is 1.25. The van der Waals surface area contributed by atoms with E-state index < -0.39 is 16.4 Å². The first-order valence-electron chi connectivity index (χ1n) is 6.06. The number of nitrogens with zero attached hydrogens (tertiary/aromatic N) is 1. The second-order valence-electron chi connectivity index (χ2n) is 4.69. The van der Waals surface area contributed by atoms with E-state index in [4.69, 9.17) is 0 Å². The lowest BCUT2D eigenvalue weighted by atomic mass is 9.96. The van der Waals surface area contributed by atoms with E-state index >= 15 is 0 Å². The number of hydrogen-bond donors (Lipinski definition) is 1. The van der Waals surface area contributed by atoms with Crippen LogP contribution in [0.2, 0.25) is 0 Å². The lowest BCUT2D eigenvalue weighted by Gasteiger charge is -2.20. The van der Waals surface area contributed by atoms with Gasteiger partial charge in [0.1, 0.15) is 0 Å². The van der Waals surface area contributed by atoms with Gasteiger partial charge in [-0.1, -0.05) is 26.0 Å². The highest BCUT2D eigenvalue weighted by Gasteiger charge is 2.18. The average molecular weight is 254 g/mol. The molecular weight excluding hydrogens is 235 g/mol. The van der Waals surface area contributed by atoms with E-state index in [2.05, 4.69) is 19.2 Å². The molecule has 0 amide bonds. The third-order valence-electron chi connectivity index (χ3n) is 3.16. The Kier molecular flexibility index (Phi) is 5.22. The van der Waals surface area contributed by atoms with Gasteiger partial charge in [0.2, 0.25) is 5.82 Å². The molecular formula is C13H19FN2O2. The van der Waals surface area contributed by atoms with Gasteiger partial charge in [-0.2, -0.15) is 4.39 Å². The first kappa shape index (κ1) is 14.6. The number of nitrogens with one attached hydrogen (secondary N) is 1. The molecule has 100 valence electrons. The zero-order valence-electron chi connectivity index (χ0n) is 10.9. The third-order valence-corrected chi connectivity index (χ3v) is 3.16. The molecule has 1 N–H and O–H groups in total. The Morgan fingerprint density at radius 2 is 2.11 bits per heavy atom. The van der Waals surface area contributed by atoms with Crippen molar-refractivity contribution in [3.63, 3.8) is 0 Å². The Labute approximate surface area is 106 Å². The maximum Gasteiger partial charge on any atom is 0.305 e. The van der Waals surface area contributed by atoms with Crippen LogP contribution in [0.15, 0.2) is 18.2 Å². The third kappa shape index (κ3) is 3.50. The SMILES string of the molecule is CNC(CCc1cccc([N+](=O)[O-])c1F)C(C)C. The Morgan fingerprint density at radius 3 is 2.61 bits per heavy atom. The Morgan fingerprint density at radius 1 is 1.44 bits per heavy atom. The van der Waals surface area contributed by atoms with Crippen LogP contribution in [-0.4, -0.2) is 18.0 Å². The van der Waals surface area contributed by atoms with Crippen molar-refractivity contribution in [2.45, 2.75) is 32.7 Å². The molecule has 0 fully saturated rings. The predicted octanol–water partition coefficient (Wildman–Crippen LogP) is 2.91. The minimum Gasteiger partial charge on any atom is -0.317 e. The van der Waals surface area contributed by atoms with Crippen LogP contribution < -0.4 is 5.32 Å². The second kappa shape index (κ2) is 6.44. The number of rotatable bonds is 6. The summed E-state index contributed by atoms with van der Waals surface area (Å²) in [6, 6.07) is 4.61. The van der Waals surface area contributed by atoms with Crippen LogP contribution in [0.1, 0.15) is 25.8 Å². The van der Waals surface area contributed by atoms with E-state index in [1.807, 2.05) is 7.05 Å².